The summed E-state index contributed by atoms with van der Waals surface area (Å²) >= 11 is 3.18. The van der Waals surface area contributed by atoms with E-state index in [2.05, 4.69) is 31.2 Å². The first-order chi connectivity index (χ1) is 9.92. The molecule has 0 saturated carbocycles. The number of halogens is 2. The highest BCUT2D eigenvalue weighted by atomic mass is 79.9. The van der Waals surface area contributed by atoms with Crippen LogP contribution in [0.15, 0.2) is 22.7 Å². The summed E-state index contributed by atoms with van der Waals surface area (Å²) in [4.78, 5) is 18.3. The normalized spacial score (nSPS) is 10.3. The molecule has 1 N–H and O–H groups in total. The molecule has 2 aromatic rings. The zero-order valence-electron chi connectivity index (χ0n) is 11.1. The van der Waals surface area contributed by atoms with Crippen LogP contribution < -0.4 is 10.1 Å². The van der Waals surface area contributed by atoms with Gasteiger partial charge in [-0.1, -0.05) is 0 Å². The predicted octanol–water partition coefficient (Wildman–Crippen LogP) is 3.43. The number of nitrogens with zero attached hydrogens (tertiary/aromatic N) is 3. The minimum absolute atomic E-state index is 0.0817. The van der Waals surface area contributed by atoms with E-state index in [-0.39, 0.29) is 29.0 Å². The fourth-order valence-corrected chi connectivity index (χ4v) is 1.92. The van der Waals surface area contributed by atoms with Gasteiger partial charge in [-0.05, 0) is 35.0 Å². The number of nitro groups is 1. The van der Waals surface area contributed by atoms with Crippen molar-refractivity contribution in [1.82, 2.24) is 9.97 Å². The highest BCUT2D eigenvalue weighted by Gasteiger charge is 2.24. The molecule has 21 heavy (non-hydrogen) atoms. The van der Waals surface area contributed by atoms with Gasteiger partial charge in [0.2, 0.25) is 5.95 Å². The van der Waals surface area contributed by atoms with Gasteiger partial charge in [0.05, 0.1) is 9.40 Å². The van der Waals surface area contributed by atoms with Gasteiger partial charge in [-0.3, -0.25) is 10.1 Å². The monoisotopic (exact) mass is 356 g/mol. The van der Waals surface area contributed by atoms with Crippen molar-refractivity contribution in [3.8, 4) is 11.6 Å². The van der Waals surface area contributed by atoms with Crippen LogP contribution in [0, 0.1) is 22.9 Å². The van der Waals surface area contributed by atoms with Crippen LogP contribution in [0.3, 0.4) is 0 Å². The molecule has 9 heteroatoms. The number of nitrogens with one attached hydrogen (secondary N) is 1. The van der Waals surface area contributed by atoms with Crippen LogP contribution in [0.25, 0.3) is 0 Å². The maximum absolute atomic E-state index is 13.3. The Morgan fingerprint density at radius 3 is 2.76 bits per heavy atom. The Labute approximate surface area is 127 Å². The third-order valence-corrected chi connectivity index (χ3v) is 3.19. The second-order valence-corrected chi connectivity index (χ2v) is 4.82. The molecule has 0 aliphatic rings. The summed E-state index contributed by atoms with van der Waals surface area (Å²) in [5.41, 5.74) is -0.230. The third-order valence-electron chi connectivity index (χ3n) is 2.53. The first-order valence-corrected chi connectivity index (χ1v) is 6.55. The molecule has 1 aromatic carbocycles. The van der Waals surface area contributed by atoms with E-state index in [9.17, 15) is 14.5 Å². The molecule has 7 nitrogen and oxygen atoms in total. The number of benzene rings is 1. The zero-order chi connectivity index (χ0) is 15.6. The van der Waals surface area contributed by atoms with Gasteiger partial charge in [0.1, 0.15) is 17.3 Å². The van der Waals surface area contributed by atoms with E-state index in [0.29, 0.717) is 4.47 Å². The second kappa shape index (κ2) is 6.00. The number of aromatic nitrogens is 2. The molecule has 110 valence electrons. The first-order valence-electron chi connectivity index (χ1n) is 5.76. The number of ether oxygens (including phenoxy) is 1. The first kappa shape index (κ1) is 15.1. The number of rotatable bonds is 4. The predicted molar refractivity (Wildman–Crippen MR) is 77.1 cm³/mol. The van der Waals surface area contributed by atoms with Gasteiger partial charge in [-0.2, -0.15) is 4.98 Å². The SMILES string of the molecule is CNc1nc(C)c([N+](=O)[O-])c(Oc2cc(F)ccc2Br)n1. The minimum atomic E-state index is -0.642. The molecular weight excluding hydrogens is 347 g/mol. The Bertz CT molecular complexity index is 711. The van der Waals surface area contributed by atoms with Crippen LogP contribution in [0.4, 0.5) is 16.0 Å². The van der Waals surface area contributed by atoms with Crippen LogP contribution in [0.5, 0.6) is 11.6 Å². The van der Waals surface area contributed by atoms with Crippen molar-refractivity contribution in [3.63, 3.8) is 0 Å². The van der Waals surface area contributed by atoms with Crippen LogP contribution >= 0.6 is 15.9 Å². The van der Waals surface area contributed by atoms with Crippen molar-refractivity contribution < 1.29 is 14.1 Å². The number of hydrogen-bond acceptors (Lipinski definition) is 6. The maximum Gasteiger partial charge on any atom is 0.352 e. The lowest BCUT2D eigenvalue weighted by Gasteiger charge is -2.09. The van der Waals surface area contributed by atoms with E-state index in [0.717, 1.165) is 6.07 Å². The standard InChI is InChI=1S/C12H10BrFN4O3/c1-6-10(18(19)20)11(17-12(15-2)16-6)21-9-5-7(14)3-4-8(9)13/h3-5H,1-2H3,(H,15,16,17). The quantitative estimate of drug-likeness (QED) is 0.666. The van der Waals surface area contributed by atoms with E-state index in [1.165, 1.54) is 19.1 Å². The minimum Gasteiger partial charge on any atom is -0.432 e. The van der Waals surface area contributed by atoms with E-state index in [4.69, 9.17) is 4.74 Å². The van der Waals surface area contributed by atoms with E-state index in [1.807, 2.05) is 0 Å². The van der Waals surface area contributed by atoms with E-state index >= 15 is 0 Å². The molecule has 0 unspecified atom stereocenters. The summed E-state index contributed by atoms with van der Waals surface area (Å²) in [5.74, 6) is -0.544. The molecule has 0 bridgehead atoms. The van der Waals surface area contributed by atoms with Crippen molar-refractivity contribution in [2.45, 2.75) is 6.92 Å². The van der Waals surface area contributed by atoms with Crippen LogP contribution in [-0.2, 0) is 0 Å². The third kappa shape index (κ3) is 3.24. The average Bonchev–Trinajstić information content (AvgIpc) is 2.41. The molecule has 0 radical (unpaired) electrons. The number of anilines is 1. The molecule has 0 saturated heterocycles. The maximum atomic E-state index is 13.3. The molecule has 0 amide bonds. The summed E-state index contributed by atoms with van der Waals surface area (Å²) in [6.07, 6.45) is 0. The zero-order valence-corrected chi connectivity index (χ0v) is 12.6. The molecule has 0 spiro atoms. The topological polar surface area (TPSA) is 90.2 Å². The summed E-state index contributed by atoms with van der Waals surface area (Å²) in [7, 11) is 1.57. The molecule has 1 aromatic heterocycles. The molecule has 0 aliphatic heterocycles. The fraction of sp³-hybridized carbons (Fsp3) is 0.167. The lowest BCUT2D eigenvalue weighted by Crippen LogP contribution is -2.05. The molecule has 0 fully saturated rings. The summed E-state index contributed by atoms with van der Waals surface area (Å²) in [6.45, 7) is 1.47. The van der Waals surface area contributed by atoms with E-state index in [1.54, 1.807) is 7.05 Å². The van der Waals surface area contributed by atoms with Crippen LogP contribution in [-0.4, -0.2) is 21.9 Å². The molecular formula is C12H10BrFN4O3. The Hall–Kier alpha value is -2.29. The van der Waals surface area contributed by atoms with Crippen molar-refractivity contribution in [2.24, 2.45) is 0 Å². The van der Waals surface area contributed by atoms with Gasteiger partial charge in [-0.15, -0.1) is 0 Å². The van der Waals surface area contributed by atoms with Gasteiger partial charge in [0, 0.05) is 13.1 Å². The van der Waals surface area contributed by atoms with Crippen molar-refractivity contribution >= 4 is 27.6 Å². The van der Waals surface area contributed by atoms with Gasteiger partial charge < -0.3 is 10.1 Å². The molecule has 1 heterocycles. The van der Waals surface area contributed by atoms with Crippen molar-refractivity contribution in [3.05, 3.63) is 44.3 Å². The summed E-state index contributed by atoms with van der Waals surface area (Å²) in [6, 6.07) is 3.77. The van der Waals surface area contributed by atoms with Crippen LogP contribution in [0.1, 0.15) is 5.69 Å². The fourth-order valence-electron chi connectivity index (χ4n) is 1.59. The lowest BCUT2D eigenvalue weighted by molar-refractivity contribution is -0.386. The van der Waals surface area contributed by atoms with Crippen LogP contribution in [0.2, 0.25) is 0 Å². The van der Waals surface area contributed by atoms with Gasteiger partial charge >= 0.3 is 11.6 Å². The van der Waals surface area contributed by atoms with Gasteiger partial charge in [0.25, 0.3) is 0 Å². The largest absolute Gasteiger partial charge is 0.432 e. The van der Waals surface area contributed by atoms with Crippen molar-refractivity contribution in [1.29, 1.82) is 0 Å². The van der Waals surface area contributed by atoms with Gasteiger partial charge in [0.15, 0.2) is 0 Å². The number of hydrogen-bond donors (Lipinski definition) is 1. The summed E-state index contributed by atoms with van der Waals surface area (Å²) in [5, 5.41) is 13.8. The number of aryl methyl sites for hydroxylation is 1. The molecule has 2 rings (SSSR count). The van der Waals surface area contributed by atoms with Crippen molar-refractivity contribution in [2.75, 3.05) is 12.4 Å². The highest BCUT2D eigenvalue weighted by Crippen LogP contribution is 2.35. The van der Waals surface area contributed by atoms with E-state index < -0.39 is 10.7 Å². The average molecular weight is 357 g/mol. The Morgan fingerprint density at radius 2 is 2.14 bits per heavy atom. The highest BCUT2D eigenvalue weighted by molar-refractivity contribution is 9.10. The summed E-state index contributed by atoms with van der Waals surface area (Å²) < 4.78 is 19.1. The molecule has 0 aliphatic carbocycles. The Kier molecular flexibility index (Phi) is 4.32. The second-order valence-electron chi connectivity index (χ2n) is 3.97. The Balaban J connectivity index is 2.54. The van der Waals surface area contributed by atoms with Gasteiger partial charge in [-0.25, -0.2) is 9.37 Å². The smallest absolute Gasteiger partial charge is 0.352 e. The Morgan fingerprint density at radius 1 is 1.43 bits per heavy atom. The lowest BCUT2D eigenvalue weighted by atomic mass is 10.3. The molecule has 0 atom stereocenters.